The van der Waals surface area contributed by atoms with Gasteiger partial charge in [-0.25, -0.2) is 9.97 Å². The molecule has 1 N–H and O–H groups in total. The molecule has 4 aromatic rings. The molecule has 2 aromatic heterocycles. The van der Waals surface area contributed by atoms with Crippen LogP contribution in [0.2, 0.25) is 0 Å². The smallest absolute Gasteiger partial charge is 0.227 e. The number of anilines is 2. The third-order valence-electron chi connectivity index (χ3n) is 6.46. The van der Waals surface area contributed by atoms with Crippen molar-refractivity contribution < 1.29 is 14.2 Å². The highest BCUT2D eigenvalue weighted by atomic mass is 32.1. The Morgan fingerprint density at radius 1 is 0.946 bits per heavy atom. The van der Waals surface area contributed by atoms with Crippen LogP contribution in [0, 0.1) is 6.92 Å². The van der Waals surface area contributed by atoms with Crippen LogP contribution in [0.25, 0.3) is 21.0 Å². The lowest BCUT2D eigenvalue weighted by Gasteiger charge is -2.15. The van der Waals surface area contributed by atoms with Gasteiger partial charge in [0.1, 0.15) is 12.4 Å². The number of hydrogen-bond donors (Lipinski definition) is 1. The summed E-state index contributed by atoms with van der Waals surface area (Å²) in [5.74, 6) is 2.86. The molecule has 5 rings (SSSR count). The zero-order valence-corrected chi connectivity index (χ0v) is 22.3. The maximum atomic E-state index is 5.92. The first-order valence-electron chi connectivity index (χ1n) is 12.5. The zero-order chi connectivity index (χ0) is 25.6. The molecular formula is C29H32N4O3S. The van der Waals surface area contributed by atoms with Gasteiger partial charge >= 0.3 is 0 Å². The fourth-order valence-corrected chi connectivity index (χ4v) is 5.59. The van der Waals surface area contributed by atoms with Gasteiger partial charge in [0.2, 0.25) is 5.95 Å². The van der Waals surface area contributed by atoms with E-state index < -0.39 is 0 Å². The fourth-order valence-electron chi connectivity index (χ4n) is 4.51. The predicted octanol–water partition coefficient (Wildman–Crippen LogP) is 6.42. The topological polar surface area (TPSA) is 68.7 Å². The average Bonchev–Trinajstić information content (AvgIpc) is 3.63. The monoisotopic (exact) mass is 516 g/mol. The molecule has 0 radical (unpaired) electrons. The lowest BCUT2D eigenvalue weighted by Crippen LogP contribution is -2.25. The van der Waals surface area contributed by atoms with Gasteiger partial charge in [0, 0.05) is 28.9 Å². The molecular weight excluding hydrogens is 484 g/mol. The van der Waals surface area contributed by atoms with E-state index in [-0.39, 0.29) is 0 Å². The van der Waals surface area contributed by atoms with E-state index >= 15 is 0 Å². The molecule has 3 heterocycles. The van der Waals surface area contributed by atoms with Gasteiger partial charge in [0.05, 0.1) is 24.8 Å². The standard InChI is InChI=1S/C29H32N4O3S/c1-20-19-30-29(31-21-9-11-22(12-10-21)36-18-17-33-15-4-5-16-33)32-27(20)26-14-13-25(37-26)23-7-6-8-24(34-2)28(23)35-3/h6-14,19H,4-5,15-18H2,1-3H3,(H,30,31,32). The summed E-state index contributed by atoms with van der Waals surface area (Å²) in [6.45, 7) is 6.09. The summed E-state index contributed by atoms with van der Waals surface area (Å²) in [5, 5.41) is 3.32. The maximum Gasteiger partial charge on any atom is 0.227 e. The number of para-hydroxylation sites is 1. The third-order valence-corrected chi connectivity index (χ3v) is 7.59. The number of nitrogens with zero attached hydrogens (tertiary/aromatic N) is 3. The highest BCUT2D eigenvalue weighted by molar-refractivity contribution is 7.18. The van der Waals surface area contributed by atoms with Crippen molar-refractivity contribution in [3.63, 3.8) is 0 Å². The molecule has 1 aliphatic rings. The SMILES string of the molecule is COc1cccc(-c2ccc(-c3nc(Nc4ccc(OCCN5CCCC5)cc4)ncc3C)s2)c1OC. The zero-order valence-electron chi connectivity index (χ0n) is 21.5. The molecule has 7 nitrogen and oxygen atoms in total. The van der Waals surface area contributed by atoms with Crippen molar-refractivity contribution in [1.82, 2.24) is 14.9 Å². The van der Waals surface area contributed by atoms with E-state index in [0.717, 1.165) is 50.3 Å². The van der Waals surface area contributed by atoms with Crippen LogP contribution in [0.4, 0.5) is 11.6 Å². The van der Waals surface area contributed by atoms with E-state index in [1.54, 1.807) is 25.6 Å². The third kappa shape index (κ3) is 5.87. The number of aryl methyl sites for hydroxylation is 1. The highest BCUT2D eigenvalue weighted by Crippen LogP contribution is 2.42. The van der Waals surface area contributed by atoms with E-state index in [9.17, 15) is 0 Å². The molecule has 37 heavy (non-hydrogen) atoms. The molecule has 1 fully saturated rings. The molecule has 0 saturated carbocycles. The van der Waals surface area contributed by atoms with Crippen molar-refractivity contribution in [2.45, 2.75) is 19.8 Å². The molecule has 0 unspecified atom stereocenters. The van der Waals surface area contributed by atoms with Crippen molar-refractivity contribution in [3.05, 3.63) is 66.4 Å². The summed E-state index contributed by atoms with van der Waals surface area (Å²) in [7, 11) is 3.31. The van der Waals surface area contributed by atoms with Gasteiger partial charge < -0.3 is 19.5 Å². The Kier molecular flexibility index (Phi) is 7.87. The predicted molar refractivity (Wildman–Crippen MR) is 150 cm³/mol. The van der Waals surface area contributed by atoms with Gasteiger partial charge in [-0.2, -0.15) is 0 Å². The Morgan fingerprint density at radius 2 is 1.73 bits per heavy atom. The van der Waals surface area contributed by atoms with Crippen molar-refractivity contribution in [2.24, 2.45) is 0 Å². The normalized spacial score (nSPS) is 13.5. The molecule has 1 saturated heterocycles. The molecule has 0 bridgehead atoms. The van der Waals surface area contributed by atoms with Crippen LogP contribution in [0.1, 0.15) is 18.4 Å². The number of benzene rings is 2. The Balaban J connectivity index is 1.28. The number of likely N-dealkylation sites (tertiary alicyclic amines) is 1. The van der Waals surface area contributed by atoms with E-state index in [0.29, 0.717) is 18.3 Å². The fraction of sp³-hybridized carbons (Fsp3) is 0.310. The molecule has 0 atom stereocenters. The van der Waals surface area contributed by atoms with E-state index in [2.05, 4.69) is 27.3 Å². The molecule has 1 aliphatic heterocycles. The summed E-state index contributed by atoms with van der Waals surface area (Å²) < 4.78 is 17.0. The van der Waals surface area contributed by atoms with Crippen molar-refractivity contribution in [2.75, 3.05) is 45.8 Å². The Hall–Kier alpha value is -3.62. The summed E-state index contributed by atoms with van der Waals surface area (Å²) >= 11 is 1.66. The van der Waals surface area contributed by atoms with Crippen LogP contribution in [-0.2, 0) is 0 Å². The number of aromatic nitrogens is 2. The summed E-state index contributed by atoms with van der Waals surface area (Å²) in [5.41, 5.74) is 3.82. The van der Waals surface area contributed by atoms with Gasteiger partial charge in [-0.05, 0) is 86.9 Å². The quantitative estimate of drug-likeness (QED) is 0.261. The first kappa shape index (κ1) is 25.0. The first-order chi connectivity index (χ1) is 18.1. The minimum absolute atomic E-state index is 0.553. The van der Waals surface area contributed by atoms with Crippen LogP contribution >= 0.6 is 11.3 Å². The highest BCUT2D eigenvalue weighted by Gasteiger charge is 2.16. The maximum absolute atomic E-state index is 5.92. The van der Waals surface area contributed by atoms with Gasteiger partial charge in [-0.3, -0.25) is 4.90 Å². The minimum atomic E-state index is 0.553. The first-order valence-corrected chi connectivity index (χ1v) is 13.3. The van der Waals surface area contributed by atoms with Crippen molar-refractivity contribution in [1.29, 1.82) is 0 Å². The molecule has 2 aromatic carbocycles. The second-order valence-electron chi connectivity index (χ2n) is 8.98. The van der Waals surface area contributed by atoms with Crippen molar-refractivity contribution in [3.8, 4) is 38.3 Å². The molecule has 0 amide bonds. The van der Waals surface area contributed by atoms with Crippen LogP contribution in [-0.4, -0.2) is 55.3 Å². The summed E-state index contributed by atoms with van der Waals surface area (Å²) in [6, 6.07) is 18.0. The Labute approximate surface area is 222 Å². The summed E-state index contributed by atoms with van der Waals surface area (Å²) in [6.07, 6.45) is 4.45. The molecule has 8 heteroatoms. The van der Waals surface area contributed by atoms with Crippen LogP contribution in [0.5, 0.6) is 17.2 Å². The van der Waals surface area contributed by atoms with Gasteiger partial charge in [-0.15, -0.1) is 11.3 Å². The van der Waals surface area contributed by atoms with Gasteiger partial charge in [0.25, 0.3) is 0 Å². The molecule has 0 spiro atoms. The number of thiophene rings is 1. The van der Waals surface area contributed by atoms with Crippen LogP contribution < -0.4 is 19.5 Å². The van der Waals surface area contributed by atoms with Gasteiger partial charge in [-0.1, -0.05) is 6.07 Å². The number of methoxy groups -OCH3 is 2. The van der Waals surface area contributed by atoms with Gasteiger partial charge in [0.15, 0.2) is 11.5 Å². The Morgan fingerprint density at radius 3 is 2.49 bits per heavy atom. The second kappa shape index (κ2) is 11.6. The lowest BCUT2D eigenvalue weighted by molar-refractivity contribution is 0.238. The number of ether oxygens (including phenoxy) is 3. The molecule has 0 aliphatic carbocycles. The number of nitrogens with one attached hydrogen (secondary N) is 1. The van der Waals surface area contributed by atoms with Crippen molar-refractivity contribution >= 4 is 23.0 Å². The van der Waals surface area contributed by atoms with Crippen LogP contribution in [0.3, 0.4) is 0 Å². The summed E-state index contributed by atoms with van der Waals surface area (Å²) in [4.78, 5) is 13.9. The largest absolute Gasteiger partial charge is 0.493 e. The van der Waals surface area contributed by atoms with E-state index in [1.807, 2.05) is 55.6 Å². The second-order valence-corrected chi connectivity index (χ2v) is 10.1. The lowest BCUT2D eigenvalue weighted by atomic mass is 10.1. The molecule has 192 valence electrons. The minimum Gasteiger partial charge on any atom is -0.493 e. The van der Waals surface area contributed by atoms with E-state index in [1.165, 1.54) is 25.9 Å². The average molecular weight is 517 g/mol. The number of hydrogen-bond acceptors (Lipinski definition) is 8. The van der Waals surface area contributed by atoms with E-state index in [4.69, 9.17) is 19.2 Å². The number of rotatable bonds is 10. The Bertz CT molecular complexity index is 1330. The van der Waals surface area contributed by atoms with Crippen LogP contribution in [0.15, 0.2) is 60.8 Å².